The maximum absolute atomic E-state index is 8.60. The summed E-state index contributed by atoms with van der Waals surface area (Å²) in [4.78, 5) is 0. The maximum Gasteiger partial charge on any atom is 0.0633 e. The molecule has 1 aromatic rings. The van der Waals surface area contributed by atoms with Crippen molar-refractivity contribution in [2.45, 2.75) is 13.3 Å². The number of hydrogen-bond acceptors (Lipinski definition) is 2. The average molecular weight is 137 g/mol. The molecule has 0 amide bonds. The molecule has 0 bridgehead atoms. The normalized spacial score (nSPS) is 9.40. The van der Waals surface area contributed by atoms with E-state index in [1.165, 1.54) is 0 Å². The number of para-hydroxylation sites is 1. The van der Waals surface area contributed by atoms with E-state index in [4.69, 9.17) is 5.21 Å². The minimum atomic E-state index is 0.796. The summed E-state index contributed by atoms with van der Waals surface area (Å²) in [5, 5.41) is 8.60. The molecule has 0 aliphatic heterocycles. The molecule has 1 aromatic carbocycles. The van der Waals surface area contributed by atoms with E-state index < -0.39 is 0 Å². The minimum Gasteiger partial charge on any atom is -0.291 e. The average Bonchev–Trinajstić information content (AvgIpc) is 2.04. The van der Waals surface area contributed by atoms with Gasteiger partial charge in [-0.3, -0.25) is 10.7 Å². The van der Waals surface area contributed by atoms with E-state index in [2.05, 4.69) is 12.4 Å². The van der Waals surface area contributed by atoms with Crippen LogP contribution in [-0.4, -0.2) is 5.21 Å². The van der Waals surface area contributed by atoms with Crippen molar-refractivity contribution in [2.75, 3.05) is 5.48 Å². The number of anilines is 1. The smallest absolute Gasteiger partial charge is 0.0633 e. The number of aryl methyl sites for hydroxylation is 1. The van der Waals surface area contributed by atoms with Gasteiger partial charge in [0.1, 0.15) is 0 Å². The fraction of sp³-hybridized carbons (Fsp3) is 0.250. The Morgan fingerprint density at radius 3 is 2.60 bits per heavy atom. The van der Waals surface area contributed by atoms with Gasteiger partial charge in [-0.05, 0) is 18.1 Å². The quantitative estimate of drug-likeness (QED) is 0.611. The van der Waals surface area contributed by atoms with E-state index in [0.717, 1.165) is 17.7 Å². The zero-order chi connectivity index (χ0) is 7.40. The molecule has 2 nitrogen and oxygen atoms in total. The van der Waals surface area contributed by atoms with Crippen molar-refractivity contribution < 1.29 is 5.21 Å². The van der Waals surface area contributed by atoms with E-state index in [0.29, 0.717) is 0 Å². The van der Waals surface area contributed by atoms with Gasteiger partial charge in [0.2, 0.25) is 0 Å². The minimum absolute atomic E-state index is 0.796. The van der Waals surface area contributed by atoms with Crippen molar-refractivity contribution in [3.63, 3.8) is 0 Å². The van der Waals surface area contributed by atoms with Crippen LogP contribution >= 0.6 is 0 Å². The van der Waals surface area contributed by atoms with E-state index in [1.807, 2.05) is 24.3 Å². The zero-order valence-electron chi connectivity index (χ0n) is 5.96. The molecule has 0 saturated heterocycles. The van der Waals surface area contributed by atoms with Crippen LogP contribution in [0.1, 0.15) is 12.5 Å². The second-order valence-corrected chi connectivity index (χ2v) is 2.12. The van der Waals surface area contributed by atoms with Gasteiger partial charge in [-0.2, -0.15) is 0 Å². The molecular weight excluding hydrogens is 126 g/mol. The topological polar surface area (TPSA) is 32.3 Å². The van der Waals surface area contributed by atoms with Crippen LogP contribution in [0.25, 0.3) is 0 Å². The lowest BCUT2D eigenvalue weighted by atomic mass is 10.1. The molecule has 54 valence electrons. The molecular formula is C8H11NO. The predicted octanol–water partition coefficient (Wildman–Crippen LogP) is 2.05. The van der Waals surface area contributed by atoms with Crippen molar-refractivity contribution in [1.29, 1.82) is 0 Å². The van der Waals surface area contributed by atoms with Gasteiger partial charge in [0.15, 0.2) is 0 Å². The fourth-order valence-electron chi connectivity index (χ4n) is 0.938. The number of rotatable bonds is 2. The van der Waals surface area contributed by atoms with Gasteiger partial charge in [0.25, 0.3) is 0 Å². The van der Waals surface area contributed by atoms with E-state index in [1.54, 1.807) is 0 Å². The molecule has 0 atom stereocenters. The van der Waals surface area contributed by atoms with E-state index in [-0.39, 0.29) is 0 Å². The second-order valence-electron chi connectivity index (χ2n) is 2.12. The van der Waals surface area contributed by atoms with Crippen molar-refractivity contribution in [1.82, 2.24) is 0 Å². The molecule has 0 aromatic heterocycles. The largest absolute Gasteiger partial charge is 0.291 e. The van der Waals surface area contributed by atoms with Gasteiger partial charge >= 0.3 is 0 Å². The second kappa shape index (κ2) is 3.22. The fourth-order valence-corrected chi connectivity index (χ4v) is 0.938. The standard InChI is InChI=1S/C8H11NO/c1-2-7-5-3-4-6-8(7)9-10/h3-6,9-10H,2H2,1H3. The van der Waals surface area contributed by atoms with Crippen LogP contribution in [-0.2, 0) is 6.42 Å². The summed E-state index contributed by atoms with van der Waals surface area (Å²) in [6, 6.07) is 7.68. The Morgan fingerprint density at radius 2 is 2.10 bits per heavy atom. The van der Waals surface area contributed by atoms with Gasteiger partial charge in [0, 0.05) is 0 Å². The van der Waals surface area contributed by atoms with Gasteiger partial charge in [-0.15, -0.1) is 0 Å². The van der Waals surface area contributed by atoms with Crippen LogP contribution in [0.3, 0.4) is 0 Å². The summed E-state index contributed by atoms with van der Waals surface area (Å²) in [7, 11) is 0. The number of nitrogens with one attached hydrogen (secondary N) is 1. The first-order valence-electron chi connectivity index (χ1n) is 3.36. The van der Waals surface area contributed by atoms with Crippen LogP contribution in [0.4, 0.5) is 5.69 Å². The molecule has 0 unspecified atom stereocenters. The van der Waals surface area contributed by atoms with Crippen molar-refractivity contribution in [3.05, 3.63) is 29.8 Å². The highest BCUT2D eigenvalue weighted by Crippen LogP contribution is 2.13. The zero-order valence-corrected chi connectivity index (χ0v) is 5.96. The molecule has 0 aliphatic carbocycles. The lowest BCUT2D eigenvalue weighted by Crippen LogP contribution is -1.93. The van der Waals surface area contributed by atoms with Gasteiger partial charge in [-0.25, -0.2) is 0 Å². The van der Waals surface area contributed by atoms with Crippen molar-refractivity contribution >= 4 is 5.69 Å². The molecule has 0 spiro atoms. The third kappa shape index (κ3) is 1.28. The Morgan fingerprint density at radius 1 is 1.40 bits per heavy atom. The first-order valence-corrected chi connectivity index (χ1v) is 3.36. The van der Waals surface area contributed by atoms with Gasteiger partial charge in [0.05, 0.1) is 5.69 Å². The van der Waals surface area contributed by atoms with Gasteiger partial charge in [-0.1, -0.05) is 25.1 Å². The summed E-state index contributed by atoms with van der Waals surface area (Å²) in [5.74, 6) is 0. The molecule has 10 heavy (non-hydrogen) atoms. The maximum atomic E-state index is 8.60. The summed E-state index contributed by atoms with van der Waals surface area (Å²) in [6.45, 7) is 2.05. The first kappa shape index (κ1) is 7.09. The Bertz CT molecular complexity index is 187. The molecule has 0 fully saturated rings. The van der Waals surface area contributed by atoms with E-state index in [9.17, 15) is 0 Å². The summed E-state index contributed by atoms with van der Waals surface area (Å²) >= 11 is 0. The van der Waals surface area contributed by atoms with Crippen molar-refractivity contribution in [3.8, 4) is 0 Å². The SMILES string of the molecule is CCc1ccccc1NO. The van der Waals surface area contributed by atoms with E-state index >= 15 is 0 Å². The lowest BCUT2D eigenvalue weighted by Gasteiger charge is -2.03. The van der Waals surface area contributed by atoms with Crippen LogP contribution in [0.2, 0.25) is 0 Å². The molecule has 2 N–H and O–H groups in total. The molecule has 0 radical (unpaired) electrons. The molecule has 1 rings (SSSR count). The summed E-state index contributed by atoms with van der Waals surface area (Å²) < 4.78 is 0. The Balaban J connectivity index is 2.96. The molecule has 0 aliphatic rings. The highest BCUT2D eigenvalue weighted by Gasteiger charge is 1.94. The van der Waals surface area contributed by atoms with Crippen LogP contribution in [0, 0.1) is 0 Å². The third-order valence-electron chi connectivity index (χ3n) is 1.52. The molecule has 0 heterocycles. The highest BCUT2D eigenvalue weighted by atomic mass is 16.5. The lowest BCUT2D eigenvalue weighted by molar-refractivity contribution is 0.388. The Labute approximate surface area is 60.5 Å². The third-order valence-corrected chi connectivity index (χ3v) is 1.52. The van der Waals surface area contributed by atoms with Crippen LogP contribution < -0.4 is 5.48 Å². The van der Waals surface area contributed by atoms with Crippen LogP contribution in [0.5, 0.6) is 0 Å². The van der Waals surface area contributed by atoms with Crippen LogP contribution in [0.15, 0.2) is 24.3 Å². The molecule has 2 heteroatoms. The summed E-state index contributed by atoms with van der Waals surface area (Å²) in [6.07, 6.45) is 0.934. The highest BCUT2D eigenvalue weighted by molar-refractivity contribution is 5.48. The van der Waals surface area contributed by atoms with Crippen molar-refractivity contribution in [2.24, 2.45) is 0 Å². The van der Waals surface area contributed by atoms with Gasteiger partial charge < -0.3 is 0 Å². The number of hydrogen-bond donors (Lipinski definition) is 2. The first-order chi connectivity index (χ1) is 4.88. The predicted molar refractivity (Wildman–Crippen MR) is 41.2 cm³/mol. The number of benzene rings is 1. The molecule has 0 saturated carbocycles. The monoisotopic (exact) mass is 137 g/mol. The Kier molecular flexibility index (Phi) is 2.29. The Hall–Kier alpha value is -1.02. The summed E-state index contributed by atoms with van der Waals surface area (Å²) in [5.41, 5.74) is 4.07.